The summed E-state index contributed by atoms with van der Waals surface area (Å²) in [4.78, 5) is 2.11. The fraction of sp³-hybridized carbons (Fsp3) is 0.417. The molecular formula is C24H32N6O3. The minimum absolute atomic E-state index is 0.209. The zero-order chi connectivity index (χ0) is 23.0. The minimum Gasteiger partial charge on any atom is -0.493 e. The third kappa shape index (κ3) is 5.79. The van der Waals surface area contributed by atoms with E-state index < -0.39 is 0 Å². The minimum atomic E-state index is 0.209. The Morgan fingerprint density at radius 2 is 1.82 bits per heavy atom. The smallest absolute Gasteiger partial charge is 0.161 e. The van der Waals surface area contributed by atoms with Crippen molar-refractivity contribution in [3.8, 4) is 17.2 Å². The van der Waals surface area contributed by atoms with Crippen LogP contribution in [0.4, 0.5) is 0 Å². The van der Waals surface area contributed by atoms with Crippen LogP contribution in [0.5, 0.6) is 17.2 Å². The number of fused-ring (bicyclic) bond motifs is 1. The Kier molecular flexibility index (Phi) is 7.39. The average Bonchev–Trinajstić information content (AvgIpc) is 2.84. The molecule has 0 saturated carbocycles. The second-order valence-electron chi connectivity index (χ2n) is 8.22. The van der Waals surface area contributed by atoms with E-state index in [0.29, 0.717) is 13.2 Å². The molecule has 33 heavy (non-hydrogen) atoms. The van der Waals surface area contributed by atoms with Crippen LogP contribution in [-0.2, 0) is 19.6 Å². The molecule has 2 aromatic rings. The number of methoxy groups -OCH3 is 1. The highest BCUT2D eigenvalue weighted by molar-refractivity contribution is 5.54. The molecule has 9 nitrogen and oxygen atoms in total. The van der Waals surface area contributed by atoms with E-state index in [1.165, 1.54) is 17.5 Å². The van der Waals surface area contributed by atoms with Crippen LogP contribution in [0.2, 0.25) is 0 Å². The largest absolute Gasteiger partial charge is 0.493 e. The molecule has 2 heterocycles. The predicted octanol–water partition coefficient (Wildman–Crippen LogP) is 2.28. The molecule has 2 aromatic carbocycles. The third-order valence-corrected chi connectivity index (χ3v) is 6.03. The first-order chi connectivity index (χ1) is 16.2. The number of likely N-dealkylation sites (tertiary alicyclic amines) is 1. The summed E-state index contributed by atoms with van der Waals surface area (Å²) in [5, 5.41) is 9.72. The van der Waals surface area contributed by atoms with Gasteiger partial charge in [-0.25, -0.2) is 0 Å². The van der Waals surface area contributed by atoms with Crippen LogP contribution < -0.4 is 25.8 Å². The van der Waals surface area contributed by atoms with Crippen molar-refractivity contribution in [1.82, 2.24) is 9.91 Å². The summed E-state index contributed by atoms with van der Waals surface area (Å²) < 4.78 is 17.8. The standard InChI is InChI=1S/C24H32N6O3/c1-31-23-13-20-14-30(28-16-25)11-6-19(20)12-24(23)32-15-18-2-4-21(5-3-18)33-22-7-9-29(10-8-22)17-27-26/h2-5,12-13,16-17,22H,6-11,14-15,26H2,1H3,(H2,25,28). The molecule has 0 unspecified atom stereocenters. The fourth-order valence-corrected chi connectivity index (χ4v) is 4.24. The molecule has 2 aliphatic rings. The highest BCUT2D eigenvalue weighted by Crippen LogP contribution is 2.34. The van der Waals surface area contributed by atoms with Crippen molar-refractivity contribution in [2.24, 2.45) is 21.8 Å². The lowest BCUT2D eigenvalue weighted by molar-refractivity contribution is 0.132. The van der Waals surface area contributed by atoms with Crippen LogP contribution in [0.25, 0.3) is 0 Å². The molecule has 1 saturated heterocycles. The zero-order valence-corrected chi connectivity index (χ0v) is 19.0. The van der Waals surface area contributed by atoms with Crippen molar-refractivity contribution in [3.63, 3.8) is 0 Å². The molecule has 9 heteroatoms. The van der Waals surface area contributed by atoms with E-state index in [4.69, 9.17) is 25.8 Å². The maximum Gasteiger partial charge on any atom is 0.161 e. The van der Waals surface area contributed by atoms with Gasteiger partial charge in [0.05, 0.1) is 13.7 Å². The second kappa shape index (κ2) is 10.8. The number of ether oxygens (including phenoxy) is 3. The Morgan fingerprint density at radius 1 is 1.06 bits per heavy atom. The Morgan fingerprint density at radius 3 is 2.52 bits per heavy atom. The SMILES string of the molecule is COc1cc2c(cc1OCc1ccc(OC3CCN(C=NN)CC3)cc1)CCN(N=CN)C2. The van der Waals surface area contributed by atoms with E-state index >= 15 is 0 Å². The Hall–Kier alpha value is -3.62. The zero-order valence-electron chi connectivity index (χ0n) is 19.0. The van der Waals surface area contributed by atoms with Gasteiger partial charge in [0.1, 0.15) is 31.1 Å². The van der Waals surface area contributed by atoms with Crippen molar-refractivity contribution in [2.75, 3.05) is 26.7 Å². The Bertz CT molecular complexity index is 971. The molecule has 176 valence electrons. The van der Waals surface area contributed by atoms with E-state index in [0.717, 1.165) is 61.7 Å². The molecule has 0 aromatic heterocycles. The lowest BCUT2D eigenvalue weighted by Gasteiger charge is -2.30. The highest BCUT2D eigenvalue weighted by atomic mass is 16.5. The molecule has 0 aliphatic carbocycles. The second-order valence-corrected chi connectivity index (χ2v) is 8.22. The van der Waals surface area contributed by atoms with Gasteiger partial charge in [-0.15, -0.1) is 0 Å². The number of hydrazone groups is 2. The molecule has 1 fully saturated rings. The molecule has 4 rings (SSSR count). The number of piperidine rings is 1. The molecule has 4 N–H and O–H groups in total. The number of benzene rings is 2. The summed E-state index contributed by atoms with van der Waals surface area (Å²) in [5.74, 6) is 7.57. The molecule has 0 amide bonds. The number of rotatable bonds is 8. The van der Waals surface area contributed by atoms with Crippen LogP contribution in [0.3, 0.4) is 0 Å². The van der Waals surface area contributed by atoms with Gasteiger partial charge in [0, 0.05) is 32.5 Å². The average molecular weight is 453 g/mol. The number of hydrogen-bond acceptors (Lipinski definition) is 7. The molecular weight excluding hydrogens is 420 g/mol. The quantitative estimate of drug-likeness (QED) is 0.274. The lowest BCUT2D eigenvalue weighted by atomic mass is 10.00. The van der Waals surface area contributed by atoms with Crippen molar-refractivity contribution in [3.05, 3.63) is 53.1 Å². The number of hydrogen-bond donors (Lipinski definition) is 2. The summed E-state index contributed by atoms with van der Waals surface area (Å²) in [5.41, 5.74) is 8.93. The summed E-state index contributed by atoms with van der Waals surface area (Å²) >= 11 is 0. The molecule has 0 bridgehead atoms. The maximum absolute atomic E-state index is 6.14. The van der Waals surface area contributed by atoms with Gasteiger partial charge in [0.2, 0.25) is 0 Å². The van der Waals surface area contributed by atoms with Crippen LogP contribution >= 0.6 is 0 Å². The van der Waals surface area contributed by atoms with E-state index in [1.54, 1.807) is 13.4 Å². The first-order valence-electron chi connectivity index (χ1n) is 11.2. The van der Waals surface area contributed by atoms with Crippen molar-refractivity contribution >= 4 is 12.7 Å². The summed E-state index contributed by atoms with van der Waals surface area (Å²) in [6, 6.07) is 12.2. The fourth-order valence-electron chi connectivity index (χ4n) is 4.24. The van der Waals surface area contributed by atoms with Gasteiger partial charge < -0.3 is 30.7 Å². The van der Waals surface area contributed by atoms with Crippen molar-refractivity contribution < 1.29 is 14.2 Å². The van der Waals surface area contributed by atoms with Crippen LogP contribution in [-0.4, -0.2) is 55.4 Å². The van der Waals surface area contributed by atoms with Gasteiger partial charge in [-0.05, 0) is 47.4 Å². The number of nitrogens with two attached hydrogens (primary N) is 2. The Labute approximate surface area is 194 Å². The van der Waals surface area contributed by atoms with E-state index in [1.807, 2.05) is 35.3 Å². The van der Waals surface area contributed by atoms with E-state index in [9.17, 15) is 0 Å². The first kappa shape index (κ1) is 22.6. The van der Waals surface area contributed by atoms with Gasteiger partial charge in [-0.2, -0.15) is 10.2 Å². The first-order valence-corrected chi connectivity index (χ1v) is 11.2. The van der Waals surface area contributed by atoms with E-state index in [2.05, 4.69) is 21.2 Å². The molecule has 0 spiro atoms. The van der Waals surface area contributed by atoms with Gasteiger partial charge in [0.15, 0.2) is 11.5 Å². The van der Waals surface area contributed by atoms with Gasteiger partial charge in [0.25, 0.3) is 0 Å². The van der Waals surface area contributed by atoms with Crippen LogP contribution in [0.1, 0.15) is 29.5 Å². The third-order valence-electron chi connectivity index (χ3n) is 6.03. The topological polar surface area (TPSA) is 111 Å². The Balaban J connectivity index is 1.33. The van der Waals surface area contributed by atoms with Gasteiger partial charge >= 0.3 is 0 Å². The van der Waals surface area contributed by atoms with Crippen LogP contribution in [0, 0.1) is 0 Å². The monoisotopic (exact) mass is 452 g/mol. The summed E-state index contributed by atoms with van der Waals surface area (Å²) in [6.45, 7) is 3.79. The van der Waals surface area contributed by atoms with Gasteiger partial charge in [-0.1, -0.05) is 12.1 Å². The predicted molar refractivity (Wildman–Crippen MR) is 128 cm³/mol. The number of nitrogens with zero attached hydrogens (tertiary/aromatic N) is 4. The molecule has 0 radical (unpaired) electrons. The summed E-state index contributed by atoms with van der Waals surface area (Å²) in [7, 11) is 1.66. The lowest BCUT2D eigenvalue weighted by Crippen LogP contribution is -2.37. The normalized spacial score (nSPS) is 16.9. The highest BCUT2D eigenvalue weighted by Gasteiger charge is 2.20. The van der Waals surface area contributed by atoms with Gasteiger partial charge in [-0.3, -0.25) is 5.01 Å². The summed E-state index contributed by atoms with van der Waals surface area (Å²) in [6.07, 6.45) is 6.01. The maximum atomic E-state index is 6.14. The molecule has 0 atom stereocenters. The van der Waals surface area contributed by atoms with Crippen LogP contribution in [0.15, 0.2) is 46.6 Å². The molecule has 2 aliphatic heterocycles. The van der Waals surface area contributed by atoms with E-state index in [-0.39, 0.29) is 6.10 Å². The van der Waals surface area contributed by atoms with Crippen molar-refractivity contribution in [2.45, 2.75) is 38.5 Å². The van der Waals surface area contributed by atoms with Crippen molar-refractivity contribution in [1.29, 1.82) is 0 Å².